The number of benzene rings is 2. The lowest BCUT2D eigenvalue weighted by Crippen LogP contribution is -2.09. The van der Waals surface area contributed by atoms with E-state index in [0.717, 1.165) is 0 Å². The van der Waals surface area contributed by atoms with Crippen molar-refractivity contribution >= 4 is 11.0 Å². The molecule has 3 rings (SSSR count). The number of aromatic hydroxyl groups is 4. The van der Waals surface area contributed by atoms with Gasteiger partial charge in [0, 0.05) is 5.56 Å². The van der Waals surface area contributed by atoms with Crippen LogP contribution in [0.1, 0.15) is 0 Å². The van der Waals surface area contributed by atoms with E-state index < -0.39 is 28.4 Å². The number of fused-ring (bicyclic) bond motifs is 1. The van der Waals surface area contributed by atoms with Gasteiger partial charge in [-0.2, -0.15) is 0 Å². The van der Waals surface area contributed by atoms with Crippen molar-refractivity contribution in [2.75, 3.05) is 28.4 Å². The predicted molar refractivity (Wildman–Crippen MR) is 101 cm³/mol. The second-order valence-electron chi connectivity index (χ2n) is 5.81. The van der Waals surface area contributed by atoms with Crippen LogP contribution in [0, 0.1) is 0 Å². The fourth-order valence-corrected chi connectivity index (χ4v) is 3.03. The first-order valence-corrected chi connectivity index (χ1v) is 8.11. The van der Waals surface area contributed by atoms with E-state index in [9.17, 15) is 25.2 Å². The molecule has 0 saturated heterocycles. The van der Waals surface area contributed by atoms with Crippen LogP contribution in [0.5, 0.6) is 46.0 Å². The zero-order valence-electron chi connectivity index (χ0n) is 15.9. The van der Waals surface area contributed by atoms with Gasteiger partial charge in [0.05, 0.1) is 28.4 Å². The van der Waals surface area contributed by atoms with Crippen molar-refractivity contribution < 1.29 is 43.8 Å². The van der Waals surface area contributed by atoms with Crippen LogP contribution in [0.25, 0.3) is 22.3 Å². The number of hydrogen-bond acceptors (Lipinski definition) is 10. The Morgan fingerprint density at radius 2 is 1.24 bits per heavy atom. The largest absolute Gasteiger partial charge is 0.504 e. The van der Waals surface area contributed by atoms with Gasteiger partial charge < -0.3 is 43.8 Å². The molecule has 0 bridgehead atoms. The summed E-state index contributed by atoms with van der Waals surface area (Å²) in [6, 6.07) is 2.36. The van der Waals surface area contributed by atoms with Crippen LogP contribution in [-0.2, 0) is 0 Å². The van der Waals surface area contributed by atoms with E-state index in [2.05, 4.69) is 0 Å². The summed E-state index contributed by atoms with van der Waals surface area (Å²) in [7, 11) is 4.88. The van der Waals surface area contributed by atoms with E-state index >= 15 is 0 Å². The Balaban J connectivity index is 2.49. The molecule has 4 N–H and O–H groups in total. The molecule has 0 aliphatic heterocycles. The fourth-order valence-electron chi connectivity index (χ4n) is 3.03. The van der Waals surface area contributed by atoms with Crippen molar-refractivity contribution in [2.45, 2.75) is 0 Å². The van der Waals surface area contributed by atoms with Gasteiger partial charge in [-0.25, -0.2) is 0 Å². The average molecular weight is 406 g/mol. The normalized spacial score (nSPS) is 10.8. The van der Waals surface area contributed by atoms with Gasteiger partial charge in [0.1, 0.15) is 5.39 Å². The highest BCUT2D eigenvalue weighted by atomic mass is 16.5. The first-order valence-electron chi connectivity index (χ1n) is 8.11. The van der Waals surface area contributed by atoms with E-state index in [1.54, 1.807) is 0 Å². The Morgan fingerprint density at radius 3 is 1.72 bits per heavy atom. The van der Waals surface area contributed by atoms with Gasteiger partial charge in [-0.3, -0.25) is 4.79 Å². The lowest BCUT2D eigenvalue weighted by Gasteiger charge is -2.16. The zero-order chi connectivity index (χ0) is 21.5. The number of hydrogen-bond donors (Lipinski definition) is 4. The van der Waals surface area contributed by atoms with Gasteiger partial charge in [0.15, 0.2) is 28.6 Å². The molecule has 10 nitrogen and oxygen atoms in total. The van der Waals surface area contributed by atoms with E-state index in [4.69, 9.17) is 23.4 Å². The maximum atomic E-state index is 13.0. The van der Waals surface area contributed by atoms with Crippen LogP contribution in [0.3, 0.4) is 0 Å². The minimum absolute atomic E-state index is 0.0634. The number of ether oxygens (including phenoxy) is 4. The average Bonchev–Trinajstić information content (AvgIpc) is 2.67. The maximum absolute atomic E-state index is 13.0. The summed E-state index contributed by atoms with van der Waals surface area (Å²) in [5.41, 5.74) is -1.03. The standard InChI is InChI=1S/C19H18O10/c1-25-15-8(20)5-7(6-9(15)21)14-18(27-3)12(23)10-11(22)17(26-2)13(24)19(28-4)16(10)29-14/h5-6,20-22,24H,1-4H3. The highest BCUT2D eigenvalue weighted by Gasteiger charge is 2.29. The van der Waals surface area contributed by atoms with E-state index in [1.165, 1.54) is 40.6 Å². The third kappa shape index (κ3) is 2.85. The molecule has 29 heavy (non-hydrogen) atoms. The third-order valence-electron chi connectivity index (χ3n) is 4.29. The Bertz CT molecular complexity index is 1140. The molecule has 0 atom stereocenters. The maximum Gasteiger partial charge on any atom is 0.239 e. The first-order chi connectivity index (χ1) is 13.8. The van der Waals surface area contributed by atoms with Gasteiger partial charge in [-0.15, -0.1) is 0 Å². The van der Waals surface area contributed by atoms with Crippen LogP contribution in [0.15, 0.2) is 21.3 Å². The fraction of sp³-hybridized carbons (Fsp3) is 0.211. The van der Waals surface area contributed by atoms with Crippen molar-refractivity contribution in [3.8, 4) is 57.3 Å². The summed E-state index contributed by atoms with van der Waals surface area (Å²) < 4.78 is 25.8. The number of rotatable bonds is 5. The Labute approximate surface area is 163 Å². The molecule has 0 saturated carbocycles. The van der Waals surface area contributed by atoms with Gasteiger partial charge in [-0.1, -0.05) is 0 Å². The van der Waals surface area contributed by atoms with Crippen LogP contribution in [-0.4, -0.2) is 48.9 Å². The predicted octanol–water partition coefficient (Wildman–Crippen LogP) is 2.32. The third-order valence-corrected chi connectivity index (χ3v) is 4.29. The summed E-state index contributed by atoms with van der Waals surface area (Å²) in [6.07, 6.45) is 0. The second kappa shape index (κ2) is 7.23. The van der Waals surface area contributed by atoms with Crippen LogP contribution < -0.4 is 24.4 Å². The summed E-state index contributed by atoms with van der Waals surface area (Å²) in [5.74, 6) is -3.42. The van der Waals surface area contributed by atoms with Crippen molar-refractivity contribution in [3.05, 3.63) is 22.4 Å². The van der Waals surface area contributed by atoms with Gasteiger partial charge >= 0.3 is 0 Å². The highest BCUT2D eigenvalue weighted by molar-refractivity contribution is 5.96. The van der Waals surface area contributed by atoms with Gasteiger partial charge in [0.2, 0.25) is 34.2 Å². The molecule has 0 unspecified atom stereocenters. The smallest absolute Gasteiger partial charge is 0.239 e. The van der Waals surface area contributed by atoms with Crippen LogP contribution >= 0.6 is 0 Å². The van der Waals surface area contributed by atoms with Crippen molar-refractivity contribution in [1.29, 1.82) is 0 Å². The Kier molecular flexibility index (Phi) is 4.93. The van der Waals surface area contributed by atoms with E-state index in [0.29, 0.717) is 0 Å². The van der Waals surface area contributed by atoms with Crippen molar-refractivity contribution in [1.82, 2.24) is 0 Å². The minimum Gasteiger partial charge on any atom is -0.504 e. The summed E-state index contributed by atoms with van der Waals surface area (Å²) in [6.45, 7) is 0. The number of phenolic OH excluding ortho intramolecular Hbond substituents is 4. The lowest BCUT2D eigenvalue weighted by atomic mass is 10.1. The van der Waals surface area contributed by atoms with Crippen molar-refractivity contribution in [3.63, 3.8) is 0 Å². The molecule has 1 heterocycles. The number of phenols is 4. The molecular formula is C19H18O10. The molecule has 0 amide bonds. The number of methoxy groups -OCH3 is 4. The molecule has 3 aromatic rings. The minimum atomic E-state index is -0.798. The molecule has 0 radical (unpaired) electrons. The van der Waals surface area contributed by atoms with Gasteiger partial charge in [-0.05, 0) is 12.1 Å². The first kappa shape index (κ1) is 19.8. The monoisotopic (exact) mass is 406 g/mol. The van der Waals surface area contributed by atoms with Crippen molar-refractivity contribution in [2.24, 2.45) is 0 Å². The quantitative estimate of drug-likeness (QED) is 0.497. The van der Waals surface area contributed by atoms with E-state index in [-0.39, 0.29) is 45.3 Å². The molecule has 1 aromatic heterocycles. The molecule has 0 spiro atoms. The lowest BCUT2D eigenvalue weighted by molar-refractivity contribution is 0.322. The SMILES string of the molecule is COc1c(O)cc(-c2oc3c(OC)c(O)c(OC)c(O)c3c(=O)c2OC)cc1O. The molecule has 0 aliphatic rings. The summed E-state index contributed by atoms with van der Waals surface area (Å²) in [4.78, 5) is 13.0. The molecule has 0 aliphatic carbocycles. The Hall–Kier alpha value is -3.95. The van der Waals surface area contributed by atoms with E-state index in [1.807, 2.05) is 0 Å². The Morgan fingerprint density at radius 1 is 0.724 bits per heavy atom. The summed E-state index contributed by atoms with van der Waals surface area (Å²) in [5, 5.41) is 40.5. The zero-order valence-corrected chi connectivity index (χ0v) is 15.9. The highest BCUT2D eigenvalue weighted by Crippen LogP contribution is 2.51. The topological polar surface area (TPSA) is 148 Å². The van der Waals surface area contributed by atoms with Crippen LogP contribution in [0.2, 0.25) is 0 Å². The summed E-state index contributed by atoms with van der Waals surface area (Å²) >= 11 is 0. The molecule has 154 valence electrons. The molecule has 0 fully saturated rings. The molecule has 10 heteroatoms. The van der Waals surface area contributed by atoms with Gasteiger partial charge in [0.25, 0.3) is 0 Å². The molecule has 2 aromatic carbocycles. The van der Waals surface area contributed by atoms with Crippen LogP contribution in [0.4, 0.5) is 0 Å². The molecular weight excluding hydrogens is 388 g/mol. The second-order valence-corrected chi connectivity index (χ2v) is 5.81.